The fourth-order valence-corrected chi connectivity index (χ4v) is 2.74. The number of benzene rings is 1. The van der Waals surface area contributed by atoms with E-state index in [1.807, 2.05) is 13.0 Å². The van der Waals surface area contributed by atoms with E-state index in [0.717, 1.165) is 11.3 Å². The normalized spacial score (nSPS) is 12.8. The number of hydrogen-bond donors (Lipinski definition) is 3. The highest BCUT2D eigenvalue weighted by molar-refractivity contribution is 6.35. The summed E-state index contributed by atoms with van der Waals surface area (Å²) in [6.07, 6.45) is 0. The molecule has 0 radical (unpaired) electrons. The van der Waals surface area contributed by atoms with Gasteiger partial charge in [0.05, 0.1) is 6.04 Å². The van der Waals surface area contributed by atoms with Crippen LogP contribution in [0.3, 0.4) is 0 Å². The summed E-state index contributed by atoms with van der Waals surface area (Å²) in [5, 5.41) is 10.8. The Labute approximate surface area is 162 Å². The van der Waals surface area contributed by atoms with Gasteiger partial charge in [0.25, 0.3) is 0 Å². The van der Waals surface area contributed by atoms with Crippen molar-refractivity contribution in [3.8, 4) is 11.4 Å². The second kappa shape index (κ2) is 7.15. The van der Waals surface area contributed by atoms with Crippen molar-refractivity contribution in [2.45, 2.75) is 39.2 Å². The van der Waals surface area contributed by atoms with E-state index in [2.05, 4.69) is 46.3 Å². The Kier molecular flexibility index (Phi) is 5.06. The largest absolute Gasteiger partial charge is 0.382 e. The third kappa shape index (κ3) is 4.19. The molecule has 8 heteroatoms. The van der Waals surface area contributed by atoms with Crippen LogP contribution in [0.4, 0.5) is 16.2 Å². The molecule has 0 saturated carbocycles. The van der Waals surface area contributed by atoms with E-state index in [9.17, 15) is 4.39 Å². The summed E-state index contributed by atoms with van der Waals surface area (Å²) < 4.78 is 13.1. The van der Waals surface area contributed by atoms with Crippen molar-refractivity contribution in [1.29, 1.82) is 0 Å². The average molecular weight is 389 g/mol. The minimum atomic E-state index is -0.284. The second-order valence-electron chi connectivity index (χ2n) is 7.43. The topological polar surface area (TPSA) is 92.5 Å². The summed E-state index contributed by atoms with van der Waals surface area (Å²) in [6.45, 7) is 8.17. The first-order valence-corrected chi connectivity index (χ1v) is 8.94. The summed E-state index contributed by atoms with van der Waals surface area (Å²) in [6, 6.07) is 7.98. The molecule has 0 bridgehead atoms. The quantitative estimate of drug-likeness (QED) is 0.601. The molecule has 4 N–H and O–H groups in total. The molecule has 0 fully saturated rings. The Hall–Kier alpha value is -2.67. The lowest BCUT2D eigenvalue weighted by molar-refractivity contribution is 0.567. The van der Waals surface area contributed by atoms with E-state index < -0.39 is 0 Å². The molecule has 27 heavy (non-hydrogen) atoms. The lowest BCUT2D eigenvalue weighted by atomic mass is 9.92. The number of aromatic amines is 1. The van der Waals surface area contributed by atoms with Gasteiger partial charge in [-0.15, -0.1) is 0 Å². The summed E-state index contributed by atoms with van der Waals surface area (Å²) in [5.41, 5.74) is 8.78. The van der Waals surface area contributed by atoms with Crippen molar-refractivity contribution in [2.75, 3.05) is 11.1 Å². The molecular weight excluding hydrogens is 367 g/mol. The highest BCUT2D eigenvalue weighted by atomic mass is 35.5. The summed E-state index contributed by atoms with van der Waals surface area (Å²) in [5.74, 6) is 0.202. The van der Waals surface area contributed by atoms with Crippen molar-refractivity contribution < 1.29 is 4.39 Å². The Bertz CT molecular complexity index is 946. The van der Waals surface area contributed by atoms with Crippen LogP contribution >= 0.6 is 11.6 Å². The minimum absolute atomic E-state index is 0.0888. The van der Waals surface area contributed by atoms with Crippen molar-refractivity contribution in [3.05, 3.63) is 52.4 Å². The van der Waals surface area contributed by atoms with Crippen molar-refractivity contribution in [2.24, 2.45) is 0 Å². The zero-order valence-electron chi connectivity index (χ0n) is 15.6. The Morgan fingerprint density at radius 2 is 1.85 bits per heavy atom. The molecule has 0 saturated heterocycles. The Balaban J connectivity index is 1.92. The van der Waals surface area contributed by atoms with Crippen LogP contribution in [0, 0.1) is 5.82 Å². The van der Waals surface area contributed by atoms with Crippen LogP contribution in [0.1, 0.15) is 45.0 Å². The molecule has 2 aromatic heterocycles. The number of anilines is 2. The molecular formula is C19H22ClFN6. The first-order chi connectivity index (χ1) is 12.6. The summed E-state index contributed by atoms with van der Waals surface area (Å²) >= 11 is 6.32. The number of nitrogens with two attached hydrogens (primary N) is 1. The van der Waals surface area contributed by atoms with Gasteiger partial charge < -0.3 is 11.1 Å². The predicted octanol–water partition coefficient (Wildman–Crippen LogP) is 4.71. The standard InChI is InChI=1S/C19H22ClFN6/c1-10(11-5-7-12(21)8-6-11)23-18-24-16(15(20)17(22)25-18)13-9-14(27-26-13)19(2,3)4/h5-10H,1-4H3,(H,26,27)(H3,22,23,24,25)/t10-/m0/s1. The number of nitrogens with one attached hydrogen (secondary N) is 2. The van der Waals surface area contributed by atoms with Crippen LogP contribution in [0.2, 0.25) is 5.02 Å². The molecule has 2 heterocycles. The predicted molar refractivity (Wildman–Crippen MR) is 106 cm³/mol. The summed E-state index contributed by atoms with van der Waals surface area (Å²) in [4.78, 5) is 8.70. The number of aromatic nitrogens is 4. The molecule has 0 amide bonds. The maximum atomic E-state index is 13.1. The number of nitrogens with zero attached hydrogens (tertiary/aromatic N) is 3. The number of nitrogen functional groups attached to an aromatic ring is 1. The van der Waals surface area contributed by atoms with Crippen molar-refractivity contribution in [1.82, 2.24) is 20.2 Å². The van der Waals surface area contributed by atoms with E-state index in [0.29, 0.717) is 17.3 Å². The average Bonchev–Trinajstić information content (AvgIpc) is 3.08. The monoisotopic (exact) mass is 388 g/mol. The molecule has 1 aromatic carbocycles. The lowest BCUT2D eigenvalue weighted by Crippen LogP contribution is -2.11. The number of H-pyrrole nitrogens is 1. The van der Waals surface area contributed by atoms with Gasteiger partial charge >= 0.3 is 0 Å². The van der Waals surface area contributed by atoms with Gasteiger partial charge in [0, 0.05) is 11.1 Å². The Morgan fingerprint density at radius 3 is 2.44 bits per heavy atom. The smallest absolute Gasteiger partial charge is 0.225 e. The van der Waals surface area contributed by atoms with Gasteiger partial charge in [-0.2, -0.15) is 10.1 Å². The van der Waals surface area contributed by atoms with Crippen LogP contribution in [-0.2, 0) is 5.41 Å². The van der Waals surface area contributed by atoms with E-state index in [4.69, 9.17) is 17.3 Å². The molecule has 0 aliphatic heterocycles. The van der Waals surface area contributed by atoms with Crippen LogP contribution in [0.15, 0.2) is 30.3 Å². The molecule has 0 unspecified atom stereocenters. The van der Waals surface area contributed by atoms with E-state index >= 15 is 0 Å². The third-order valence-electron chi connectivity index (χ3n) is 4.22. The highest BCUT2D eigenvalue weighted by Gasteiger charge is 2.21. The SMILES string of the molecule is C[C@H](Nc1nc(N)c(Cl)c(-c2cc(C(C)(C)C)[nH]n2)n1)c1ccc(F)cc1. The van der Waals surface area contributed by atoms with Gasteiger partial charge in [-0.25, -0.2) is 9.37 Å². The zero-order chi connectivity index (χ0) is 19.8. The first kappa shape index (κ1) is 19.1. The fraction of sp³-hybridized carbons (Fsp3) is 0.316. The van der Waals surface area contributed by atoms with Crippen LogP contribution < -0.4 is 11.1 Å². The molecule has 0 aliphatic carbocycles. The maximum Gasteiger partial charge on any atom is 0.225 e. The van der Waals surface area contributed by atoms with Gasteiger partial charge in [0.15, 0.2) is 0 Å². The lowest BCUT2D eigenvalue weighted by Gasteiger charge is -2.16. The van der Waals surface area contributed by atoms with Crippen LogP contribution in [0.25, 0.3) is 11.4 Å². The van der Waals surface area contributed by atoms with E-state index in [1.165, 1.54) is 12.1 Å². The maximum absolute atomic E-state index is 13.1. The minimum Gasteiger partial charge on any atom is -0.382 e. The zero-order valence-corrected chi connectivity index (χ0v) is 16.4. The molecule has 6 nitrogen and oxygen atoms in total. The first-order valence-electron chi connectivity index (χ1n) is 8.56. The van der Waals surface area contributed by atoms with Gasteiger partial charge in [0.2, 0.25) is 5.95 Å². The molecule has 142 valence electrons. The van der Waals surface area contributed by atoms with Gasteiger partial charge in [-0.3, -0.25) is 5.10 Å². The van der Waals surface area contributed by atoms with Crippen LogP contribution in [-0.4, -0.2) is 20.2 Å². The van der Waals surface area contributed by atoms with Gasteiger partial charge in [-0.05, 0) is 30.7 Å². The van der Waals surface area contributed by atoms with E-state index in [-0.39, 0.29) is 28.1 Å². The molecule has 0 spiro atoms. The fourth-order valence-electron chi connectivity index (χ4n) is 2.55. The van der Waals surface area contributed by atoms with Gasteiger partial charge in [-0.1, -0.05) is 44.5 Å². The second-order valence-corrected chi connectivity index (χ2v) is 7.81. The highest BCUT2D eigenvalue weighted by Crippen LogP contribution is 2.32. The van der Waals surface area contributed by atoms with Crippen molar-refractivity contribution in [3.63, 3.8) is 0 Å². The number of halogens is 2. The molecule has 3 rings (SSSR count). The molecule has 0 aliphatic rings. The van der Waals surface area contributed by atoms with Gasteiger partial charge in [0.1, 0.15) is 28.0 Å². The molecule has 3 aromatic rings. The Morgan fingerprint density at radius 1 is 1.19 bits per heavy atom. The third-order valence-corrected chi connectivity index (χ3v) is 4.59. The number of hydrogen-bond acceptors (Lipinski definition) is 5. The molecule has 1 atom stereocenters. The van der Waals surface area contributed by atoms with Crippen molar-refractivity contribution >= 4 is 23.4 Å². The summed E-state index contributed by atoms with van der Waals surface area (Å²) in [7, 11) is 0. The van der Waals surface area contributed by atoms with Crippen LogP contribution in [0.5, 0.6) is 0 Å². The van der Waals surface area contributed by atoms with E-state index in [1.54, 1.807) is 12.1 Å². The number of rotatable bonds is 4.